The van der Waals surface area contributed by atoms with Gasteiger partial charge in [0.2, 0.25) is 0 Å². The van der Waals surface area contributed by atoms with Crippen LogP contribution in [0.5, 0.6) is 0 Å². The molecule has 0 bridgehead atoms. The van der Waals surface area contributed by atoms with E-state index < -0.39 is 0 Å². The van der Waals surface area contributed by atoms with E-state index in [1.165, 1.54) is 0 Å². The molecule has 116 valence electrons. The summed E-state index contributed by atoms with van der Waals surface area (Å²) in [5.41, 5.74) is 2.28. The van der Waals surface area contributed by atoms with E-state index in [-0.39, 0.29) is 5.91 Å². The Morgan fingerprint density at radius 1 is 1.18 bits per heavy atom. The molecule has 0 spiro atoms. The van der Waals surface area contributed by atoms with Gasteiger partial charge in [0, 0.05) is 18.8 Å². The summed E-state index contributed by atoms with van der Waals surface area (Å²) in [5.74, 6) is 0.485. The zero-order chi connectivity index (χ0) is 15.9. The van der Waals surface area contributed by atoms with Gasteiger partial charge >= 0.3 is 0 Å². The second-order valence-electron chi connectivity index (χ2n) is 5.59. The van der Waals surface area contributed by atoms with Crippen LogP contribution in [0.15, 0.2) is 48.7 Å². The lowest BCUT2D eigenvalue weighted by Crippen LogP contribution is -2.31. The Hall–Kier alpha value is -2.36. The van der Waals surface area contributed by atoms with E-state index >= 15 is 0 Å². The number of nitrogens with zero attached hydrogens (tertiary/aromatic N) is 2. The highest BCUT2D eigenvalue weighted by atomic mass is 16.2. The van der Waals surface area contributed by atoms with Gasteiger partial charge in [-0.1, -0.05) is 32.0 Å². The third-order valence-electron chi connectivity index (χ3n) is 3.33. The van der Waals surface area contributed by atoms with Crippen molar-refractivity contribution in [2.24, 2.45) is 5.92 Å². The van der Waals surface area contributed by atoms with E-state index in [0.29, 0.717) is 18.2 Å². The fraction of sp³-hybridized carbons (Fsp3) is 0.333. The van der Waals surface area contributed by atoms with Crippen LogP contribution in [-0.4, -0.2) is 24.0 Å². The molecule has 22 heavy (non-hydrogen) atoms. The standard InChI is InChI=1S/C18H23N3O/c1-4-21(16-8-6-5-7-9-16)18(22)17-11-10-15(13-20-17)19-12-14(2)3/h5-11,13-14,19H,4,12H2,1-3H3. The number of pyridine rings is 1. The van der Waals surface area contributed by atoms with Gasteiger partial charge < -0.3 is 10.2 Å². The monoisotopic (exact) mass is 297 g/mol. The van der Waals surface area contributed by atoms with Gasteiger partial charge in [-0.25, -0.2) is 4.98 Å². The van der Waals surface area contributed by atoms with Gasteiger partial charge in [0.1, 0.15) is 5.69 Å². The zero-order valence-electron chi connectivity index (χ0n) is 13.4. The number of aromatic nitrogens is 1. The first kappa shape index (κ1) is 16.0. The van der Waals surface area contributed by atoms with E-state index in [2.05, 4.69) is 24.1 Å². The molecule has 0 unspecified atom stereocenters. The minimum Gasteiger partial charge on any atom is -0.384 e. The lowest BCUT2D eigenvalue weighted by Gasteiger charge is -2.20. The number of nitrogens with one attached hydrogen (secondary N) is 1. The number of para-hydroxylation sites is 1. The van der Waals surface area contributed by atoms with Crippen molar-refractivity contribution in [1.29, 1.82) is 0 Å². The van der Waals surface area contributed by atoms with Crippen molar-refractivity contribution in [2.75, 3.05) is 23.3 Å². The molecule has 0 radical (unpaired) electrons. The maximum atomic E-state index is 12.6. The minimum absolute atomic E-state index is 0.0795. The number of hydrogen-bond acceptors (Lipinski definition) is 3. The third kappa shape index (κ3) is 4.07. The van der Waals surface area contributed by atoms with Crippen molar-refractivity contribution >= 4 is 17.3 Å². The summed E-state index contributed by atoms with van der Waals surface area (Å²) in [6.45, 7) is 7.76. The fourth-order valence-corrected chi connectivity index (χ4v) is 2.14. The number of hydrogen-bond donors (Lipinski definition) is 1. The lowest BCUT2D eigenvalue weighted by atomic mass is 10.2. The Kier molecular flexibility index (Phi) is 5.53. The van der Waals surface area contributed by atoms with E-state index in [9.17, 15) is 4.79 Å². The minimum atomic E-state index is -0.0795. The van der Waals surface area contributed by atoms with Crippen molar-refractivity contribution in [1.82, 2.24) is 4.98 Å². The van der Waals surface area contributed by atoms with Crippen LogP contribution >= 0.6 is 0 Å². The normalized spacial score (nSPS) is 10.5. The topological polar surface area (TPSA) is 45.2 Å². The number of rotatable bonds is 6. The summed E-state index contributed by atoms with van der Waals surface area (Å²) in [5, 5.41) is 3.30. The summed E-state index contributed by atoms with van der Waals surface area (Å²) in [6.07, 6.45) is 1.72. The molecule has 1 amide bonds. The molecule has 1 aromatic heterocycles. The van der Waals surface area contributed by atoms with Gasteiger partial charge in [0.05, 0.1) is 11.9 Å². The van der Waals surface area contributed by atoms with Gasteiger partial charge in [-0.05, 0) is 37.1 Å². The number of anilines is 2. The molecule has 2 rings (SSSR count). The molecular weight excluding hydrogens is 274 g/mol. The van der Waals surface area contributed by atoms with Crippen LogP contribution in [0.3, 0.4) is 0 Å². The van der Waals surface area contributed by atoms with Gasteiger partial charge in [-0.15, -0.1) is 0 Å². The highest BCUT2D eigenvalue weighted by molar-refractivity contribution is 6.04. The Labute approximate surface area is 132 Å². The molecule has 0 aliphatic heterocycles. The summed E-state index contributed by atoms with van der Waals surface area (Å²) >= 11 is 0. The Morgan fingerprint density at radius 3 is 2.45 bits per heavy atom. The molecule has 0 saturated carbocycles. The van der Waals surface area contributed by atoms with E-state index in [0.717, 1.165) is 17.9 Å². The van der Waals surface area contributed by atoms with E-state index in [1.807, 2.05) is 43.3 Å². The van der Waals surface area contributed by atoms with Crippen molar-refractivity contribution in [3.63, 3.8) is 0 Å². The van der Waals surface area contributed by atoms with Gasteiger partial charge in [-0.2, -0.15) is 0 Å². The van der Waals surface area contributed by atoms with Crippen molar-refractivity contribution < 1.29 is 4.79 Å². The Bertz CT molecular complexity index is 593. The molecule has 1 heterocycles. The van der Waals surface area contributed by atoms with Gasteiger partial charge in [0.25, 0.3) is 5.91 Å². The average molecular weight is 297 g/mol. The molecule has 4 nitrogen and oxygen atoms in total. The van der Waals surface area contributed by atoms with E-state index in [1.54, 1.807) is 17.2 Å². The predicted octanol–water partition coefficient (Wildman–Crippen LogP) is 3.82. The second kappa shape index (κ2) is 7.59. The lowest BCUT2D eigenvalue weighted by molar-refractivity contribution is 0.0983. The Balaban J connectivity index is 2.11. The highest BCUT2D eigenvalue weighted by Gasteiger charge is 2.16. The van der Waals surface area contributed by atoms with Crippen LogP contribution in [0, 0.1) is 5.92 Å². The van der Waals surface area contributed by atoms with Crippen LogP contribution in [-0.2, 0) is 0 Å². The number of benzene rings is 1. The molecule has 0 saturated heterocycles. The van der Waals surface area contributed by atoms with Gasteiger partial charge in [0.15, 0.2) is 0 Å². The smallest absolute Gasteiger partial charge is 0.276 e. The van der Waals surface area contributed by atoms with Crippen molar-refractivity contribution in [2.45, 2.75) is 20.8 Å². The summed E-state index contributed by atoms with van der Waals surface area (Å²) in [4.78, 5) is 18.6. The quantitative estimate of drug-likeness (QED) is 0.881. The molecule has 0 fully saturated rings. The highest BCUT2D eigenvalue weighted by Crippen LogP contribution is 2.16. The first-order valence-corrected chi connectivity index (χ1v) is 7.68. The first-order valence-electron chi connectivity index (χ1n) is 7.68. The zero-order valence-corrected chi connectivity index (χ0v) is 13.4. The summed E-state index contributed by atoms with van der Waals surface area (Å²) in [7, 11) is 0. The molecule has 2 aromatic rings. The number of carbonyl (C=O) groups excluding carboxylic acids is 1. The van der Waals surface area contributed by atoms with Crippen LogP contribution in [0.1, 0.15) is 31.3 Å². The SMILES string of the molecule is CCN(C(=O)c1ccc(NCC(C)C)cn1)c1ccccc1. The van der Waals surface area contributed by atoms with Crippen LogP contribution in [0.4, 0.5) is 11.4 Å². The molecular formula is C18H23N3O. The van der Waals surface area contributed by atoms with Crippen molar-refractivity contribution in [3.8, 4) is 0 Å². The Morgan fingerprint density at radius 2 is 1.91 bits per heavy atom. The maximum absolute atomic E-state index is 12.6. The third-order valence-corrected chi connectivity index (χ3v) is 3.33. The predicted molar refractivity (Wildman–Crippen MR) is 91.4 cm³/mol. The summed E-state index contributed by atoms with van der Waals surface area (Å²) < 4.78 is 0. The largest absolute Gasteiger partial charge is 0.384 e. The van der Waals surface area contributed by atoms with Gasteiger partial charge in [-0.3, -0.25) is 4.79 Å². The molecule has 0 aliphatic rings. The molecule has 0 aliphatic carbocycles. The summed E-state index contributed by atoms with van der Waals surface area (Å²) in [6, 6.07) is 13.3. The second-order valence-corrected chi connectivity index (χ2v) is 5.59. The van der Waals surface area contributed by atoms with E-state index in [4.69, 9.17) is 0 Å². The molecule has 4 heteroatoms. The van der Waals surface area contributed by atoms with Crippen LogP contribution < -0.4 is 10.2 Å². The number of amides is 1. The van der Waals surface area contributed by atoms with Crippen molar-refractivity contribution in [3.05, 3.63) is 54.4 Å². The first-order chi connectivity index (χ1) is 10.6. The molecule has 1 aromatic carbocycles. The van der Waals surface area contributed by atoms with Crippen LogP contribution in [0.2, 0.25) is 0 Å². The molecule has 0 atom stereocenters. The average Bonchev–Trinajstić information content (AvgIpc) is 2.55. The maximum Gasteiger partial charge on any atom is 0.276 e. The molecule has 1 N–H and O–H groups in total. The number of carbonyl (C=O) groups is 1. The fourth-order valence-electron chi connectivity index (χ4n) is 2.14. The van der Waals surface area contributed by atoms with Crippen LogP contribution in [0.25, 0.3) is 0 Å².